The van der Waals surface area contributed by atoms with E-state index in [1.807, 2.05) is 6.08 Å². The molecule has 4 aliphatic heterocycles. The number of allylic oxidation sites excluding steroid dienone is 2. The maximum atomic E-state index is 12.1. The Kier molecular flexibility index (Phi) is 2.72. The Labute approximate surface area is 114 Å². The smallest absolute Gasteiger partial charge is 0.114 e. The van der Waals surface area contributed by atoms with E-state index in [0.717, 1.165) is 37.4 Å². The summed E-state index contributed by atoms with van der Waals surface area (Å²) in [5, 5.41) is 22.0. The van der Waals surface area contributed by atoms with Gasteiger partial charge in [-0.15, -0.1) is 0 Å². The summed E-state index contributed by atoms with van der Waals surface area (Å²) >= 11 is 0. The number of nitrogens with zero attached hydrogens (tertiary/aromatic N) is 1. The molecule has 6 atom stereocenters. The van der Waals surface area contributed by atoms with Gasteiger partial charge in [-0.3, -0.25) is 4.90 Å². The van der Waals surface area contributed by atoms with E-state index in [1.54, 1.807) is 6.08 Å². The summed E-state index contributed by atoms with van der Waals surface area (Å²) < 4.78 is 0. The molecule has 4 aliphatic rings. The number of aliphatic hydroxyl groups is 1. The third kappa shape index (κ3) is 1.85. The van der Waals surface area contributed by atoms with Crippen LogP contribution in [0.4, 0.5) is 0 Å². The van der Waals surface area contributed by atoms with E-state index < -0.39 is 0 Å². The van der Waals surface area contributed by atoms with Crippen LogP contribution in [0.5, 0.6) is 0 Å². The van der Waals surface area contributed by atoms with Gasteiger partial charge in [-0.2, -0.15) is 0 Å². The van der Waals surface area contributed by atoms with Crippen molar-refractivity contribution in [3.05, 3.63) is 24.1 Å². The molecule has 0 aromatic rings. The number of piperidine rings is 3. The molecule has 4 nitrogen and oxygen atoms in total. The molecular weight excluding hydrogens is 240 g/mol. The first-order valence-electron chi connectivity index (χ1n) is 7.56. The molecule has 0 radical (unpaired) electrons. The lowest BCUT2D eigenvalue weighted by Crippen LogP contribution is -3.18. The van der Waals surface area contributed by atoms with Crippen molar-refractivity contribution in [3.63, 3.8) is 0 Å². The minimum atomic E-state index is -0.131. The van der Waals surface area contributed by atoms with Crippen molar-refractivity contribution in [1.82, 2.24) is 4.90 Å². The monoisotopic (exact) mass is 262 g/mol. The van der Waals surface area contributed by atoms with Crippen LogP contribution in [0.15, 0.2) is 24.1 Å². The first kappa shape index (κ1) is 11.9. The van der Waals surface area contributed by atoms with E-state index in [1.165, 1.54) is 6.42 Å². The SMILES string of the molecule is [O-]C1=CC=CC2[C@@H]3C[C@H](C[NH+]12)[C@H]1C[C@H](O)CCN1C3. The van der Waals surface area contributed by atoms with Crippen LogP contribution in [0.2, 0.25) is 0 Å². The van der Waals surface area contributed by atoms with Gasteiger partial charge in [0.2, 0.25) is 0 Å². The van der Waals surface area contributed by atoms with Crippen molar-refractivity contribution in [2.75, 3.05) is 19.6 Å². The molecule has 19 heavy (non-hydrogen) atoms. The average molecular weight is 262 g/mol. The van der Waals surface area contributed by atoms with E-state index in [2.05, 4.69) is 11.0 Å². The van der Waals surface area contributed by atoms with Crippen LogP contribution in [0.1, 0.15) is 19.3 Å². The Bertz CT molecular complexity index is 434. The molecule has 104 valence electrons. The number of rotatable bonds is 0. The third-order valence-corrected chi connectivity index (χ3v) is 5.63. The zero-order valence-electron chi connectivity index (χ0n) is 11.2. The quantitative estimate of drug-likeness (QED) is 0.558. The lowest BCUT2D eigenvalue weighted by atomic mass is 9.72. The average Bonchev–Trinajstić information content (AvgIpc) is 2.41. The summed E-state index contributed by atoms with van der Waals surface area (Å²) in [6.45, 7) is 3.10. The van der Waals surface area contributed by atoms with Crippen LogP contribution in [-0.2, 0) is 0 Å². The highest BCUT2D eigenvalue weighted by Crippen LogP contribution is 2.36. The van der Waals surface area contributed by atoms with Crippen LogP contribution in [0, 0.1) is 11.8 Å². The molecular formula is C15H22N2O2. The predicted octanol–water partition coefficient (Wildman–Crippen LogP) is -1.51. The number of quaternary nitrogens is 1. The lowest BCUT2D eigenvalue weighted by molar-refractivity contribution is -0.941. The van der Waals surface area contributed by atoms with Crippen LogP contribution in [-0.4, -0.2) is 47.8 Å². The number of hydrogen-bond donors (Lipinski definition) is 2. The number of hydrogen-bond acceptors (Lipinski definition) is 3. The summed E-state index contributed by atoms with van der Waals surface area (Å²) in [5.41, 5.74) is 0. The topological polar surface area (TPSA) is 51.0 Å². The molecule has 4 heteroatoms. The Morgan fingerprint density at radius 2 is 2.21 bits per heavy atom. The lowest BCUT2D eigenvalue weighted by Gasteiger charge is -2.55. The largest absolute Gasteiger partial charge is 0.831 e. The Morgan fingerprint density at radius 3 is 3.11 bits per heavy atom. The van der Waals surface area contributed by atoms with Gasteiger partial charge in [-0.1, -0.05) is 6.08 Å². The van der Waals surface area contributed by atoms with Crippen LogP contribution in [0.3, 0.4) is 0 Å². The maximum absolute atomic E-state index is 12.1. The first-order chi connectivity index (χ1) is 9.22. The fourth-order valence-electron chi connectivity index (χ4n) is 4.76. The summed E-state index contributed by atoms with van der Waals surface area (Å²) in [6.07, 6.45) is 8.83. The molecule has 4 heterocycles. The highest BCUT2D eigenvalue weighted by molar-refractivity contribution is 5.12. The molecule has 0 amide bonds. The van der Waals surface area contributed by atoms with Crippen molar-refractivity contribution in [2.24, 2.45) is 11.8 Å². The van der Waals surface area contributed by atoms with Gasteiger partial charge >= 0.3 is 0 Å². The molecule has 0 aliphatic carbocycles. The number of fused-ring (bicyclic) bond motifs is 6. The summed E-state index contributed by atoms with van der Waals surface area (Å²) in [5.74, 6) is 1.46. The highest BCUT2D eigenvalue weighted by Gasteiger charge is 2.49. The number of aliphatic hydroxyl groups excluding tert-OH is 1. The molecule has 2 N–H and O–H groups in total. The Balaban J connectivity index is 1.60. The second-order valence-corrected chi connectivity index (χ2v) is 6.67. The fourth-order valence-corrected chi connectivity index (χ4v) is 4.76. The summed E-state index contributed by atoms with van der Waals surface area (Å²) in [7, 11) is 0. The van der Waals surface area contributed by atoms with Crippen molar-refractivity contribution < 1.29 is 15.1 Å². The molecule has 4 rings (SSSR count). The van der Waals surface area contributed by atoms with Gasteiger partial charge in [-0.05, 0) is 31.4 Å². The molecule has 2 unspecified atom stereocenters. The Hall–Kier alpha value is -0.840. The molecule has 0 aromatic carbocycles. The molecule has 0 saturated carbocycles. The van der Waals surface area contributed by atoms with Crippen molar-refractivity contribution in [1.29, 1.82) is 0 Å². The van der Waals surface area contributed by atoms with Gasteiger partial charge in [-0.25, -0.2) is 0 Å². The number of nitrogens with one attached hydrogen (secondary N) is 1. The van der Waals surface area contributed by atoms with Gasteiger partial charge in [0.1, 0.15) is 6.04 Å². The molecule has 0 spiro atoms. The summed E-state index contributed by atoms with van der Waals surface area (Å²) in [4.78, 5) is 3.72. The summed E-state index contributed by atoms with van der Waals surface area (Å²) in [6, 6.07) is 0.897. The standard InChI is InChI=1S/C15H22N2O2/c18-12-4-5-16-8-10-6-11(14(16)7-12)9-17-13(10)2-1-3-15(17)19/h1-3,10-14,18-19H,4-9H2/t10-,11-,12-,13?,14-/m1/s1. The molecule has 0 aromatic heterocycles. The van der Waals surface area contributed by atoms with Crippen LogP contribution < -0.4 is 10.0 Å². The van der Waals surface area contributed by atoms with Gasteiger partial charge in [0, 0.05) is 31.0 Å². The minimum absolute atomic E-state index is 0.131. The third-order valence-electron chi connectivity index (χ3n) is 5.63. The fraction of sp³-hybridized carbons (Fsp3) is 0.733. The second kappa shape index (κ2) is 4.33. The van der Waals surface area contributed by atoms with Gasteiger partial charge in [0.05, 0.1) is 18.5 Å². The van der Waals surface area contributed by atoms with Gasteiger partial charge < -0.3 is 15.1 Å². The zero-order valence-corrected chi connectivity index (χ0v) is 11.2. The highest BCUT2D eigenvalue weighted by atomic mass is 16.3. The van der Waals surface area contributed by atoms with E-state index in [0.29, 0.717) is 23.9 Å². The van der Waals surface area contributed by atoms with Crippen molar-refractivity contribution in [2.45, 2.75) is 37.5 Å². The van der Waals surface area contributed by atoms with Crippen molar-refractivity contribution in [3.8, 4) is 0 Å². The van der Waals surface area contributed by atoms with E-state index in [-0.39, 0.29) is 12.0 Å². The molecule has 3 fully saturated rings. The minimum Gasteiger partial charge on any atom is -0.831 e. The maximum Gasteiger partial charge on any atom is 0.114 e. The predicted molar refractivity (Wildman–Crippen MR) is 69.0 cm³/mol. The van der Waals surface area contributed by atoms with E-state index >= 15 is 0 Å². The van der Waals surface area contributed by atoms with Crippen molar-refractivity contribution >= 4 is 0 Å². The zero-order chi connectivity index (χ0) is 13.0. The van der Waals surface area contributed by atoms with Crippen LogP contribution in [0.25, 0.3) is 0 Å². The van der Waals surface area contributed by atoms with E-state index in [9.17, 15) is 10.2 Å². The first-order valence-corrected chi connectivity index (χ1v) is 7.56. The molecule has 3 saturated heterocycles. The van der Waals surface area contributed by atoms with Crippen LogP contribution >= 0.6 is 0 Å². The van der Waals surface area contributed by atoms with Gasteiger partial charge in [0.15, 0.2) is 0 Å². The van der Waals surface area contributed by atoms with Gasteiger partial charge in [0.25, 0.3) is 0 Å². The second-order valence-electron chi connectivity index (χ2n) is 6.67. The van der Waals surface area contributed by atoms with E-state index in [4.69, 9.17) is 0 Å². The molecule has 2 bridgehead atoms. The Morgan fingerprint density at radius 1 is 1.32 bits per heavy atom. The normalized spacial score (nSPS) is 49.2.